The normalized spacial score (nSPS) is 39.8. The summed E-state index contributed by atoms with van der Waals surface area (Å²) in [6.45, 7) is 4.35. The maximum absolute atomic E-state index is 5.88. The quantitative estimate of drug-likeness (QED) is 0.542. The molecule has 5 heteroatoms. The lowest BCUT2D eigenvalue weighted by Crippen LogP contribution is -2.40. The topological polar surface area (TPSA) is 64.5 Å². The zero-order valence-corrected chi connectivity index (χ0v) is 8.74. The highest BCUT2D eigenvalue weighted by Gasteiger charge is 2.40. The van der Waals surface area contributed by atoms with Crippen LogP contribution in [0.4, 0.5) is 0 Å². The highest BCUT2D eigenvalue weighted by molar-refractivity contribution is 14.1. The molecule has 4 nitrogen and oxygen atoms in total. The minimum atomic E-state index is 0.0237. The van der Waals surface area contributed by atoms with Gasteiger partial charge in [-0.3, -0.25) is 5.84 Å². The van der Waals surface area contributed by atoms with Crippen molar-refractivity contribution < 1.29 is 3.07 Å². The van der Waals surface area contributed by atoms with E-state index in [9.17, 15) is 0 Å². The van der Waals surface area contributed by atoms with Gasteiger partial charge < -0.3 is 8.80 Å². The maximum atomic E-state index is 5.88. The van der Waals surface area contributed by atoms with Crippen molar-refractivity contribution in [2.45, 2.75) is 13.0 Å². The summed E-state index contributed by atoms with van der Waals surface area (Å²) in [7, 11) is 0. The predicted molar refractivity (Wildman–Crippen MR) is 51.8 cm³/mol. The van der Waals surface area contributed by atoms with Crippen LogP contribution in [0.2, 0.25) is 0 Å². The molecule has 11 heavy (non-hydrogen) atoms. The Kier molecular flexibility index (Phi) is 3.10. The molecule has 66 valence electrons. The number of hydrogen-bond donors (Lipinski definition) is 2. The van der Waals surface area contributed by atoms with E-state index in [2.05, 4.69) is 6.92 Å². The van der Waals surface area contributed by atoms with Gasteiger partial charge in [-0.1, -0.05) is 6.92 Å². The molecule has 0 aromatic carbocycles. The van der Waals surface area contributed by atoms with Crippen molar-refractivity contribution in [2.75, 3.05) is 19.7 Å². The standard InChI is InChI=1S/C6H14IN3O/c1-6(4-11-7)3-10(9)2-5(6)8/h5H,2-4,8-9H2,1H3. The van der Waals surface area contributed by atoms with Crippen LogP contribution in [-0.2, 0) is 3.07 Å². The summed E-state index contributed by atoms with van der Waals surface area (Å²) in [5.41, 5.74) is 5.91. The first-order chi connectivity index (χ1) is 5.08. The minimum absolute atomic E-state index is 0.0237. The first-order valence-electron chi connectivity index (χ1n) is 3.57. The first-order valence-corrected chi connectivity index (χ1v) is 4.45. The van der Waals surface area contributed by atoms with Gasteiger partial charge in [0.15, 0.2) is 0 Å². The number of hydrogen-bond acceptors (Lipinski definition) is 4. The SMILES string of the molecule is CC1(COI)CN(N)CC1N. The van der Waals surface area contributed by atoms with E-state index in [1.54, 1.807) is 5.01 Å². The molecule has 1 rings (SSSR count). The molecule has 0 saturated carbocycles. The fraction of sp³-hybridized carbons (Fsp3) is 1.00. The zero-order valence-electron chi connectivity index (χ0n) is 6.59. The second-order valence-electron chi connectivity index (χ2n) is 3.44. The summed E-state index contributed by atoms with van der Waals surface area (Å²) in [4.78, 5) is 0. The molecule has 0 amide bonds. The van der Waals surface area contributed by atoms with Crippen LogP contribution >= 0.6 is 23.0 Å². The molecule has 1 saturated heterocycles. The average Bonchev–Trinajstić information content (AvgIpc) is 2.08. The second kappa shape index (κ2) is 3.53. The van der Waals surface area contributed by atoms with E-state index in [0.29, 0.717) is 6.61 Å². The molecule has 1 aliphatic heterocycles. The Labute approximate surface area is 80.9 Å². The molecule has 0 radical (unpaired) electrons. The van der Waals surface area contributed by atoms with Gasteiger partial charge in [0.25, 0.3) is 0 Å². The molecule has 1 aliphatic rings. The third kappa shape index (κ3) is 2.03. The van der Waals surface area contributed by atoms with Crippen molar-refractivity contribution >= 4 is 23.0 Å². The third-order valence-corrected chi connectivity index (χ3v) is 2.59. The lowest BCUT2D eigenvalue weighted by atomic mass is 9.87. The molecule has 2 atom stereocenters. The van der Waals surface area contributed by atoms with E-state index < -0.39 is 0 Å². The molecular formula is C6H14IN3O. The molecule has 2 unspecified atom stereocenters. The van der Waals surface area contributed by atoms with Crippen molar-refractivity contribution in [1.29, 1.82) is 0 Å². The summed E-state index contributed by atoms with van der Waals surface area (Å²) < 4.78 is 5.06. The summed E-state index contributed by atoms with van der Waals surface area (Å²) in [5, 5.41) is 1.75. The minimum Gasteiger partial charge on any atom is -0.326 e. The highest BCUT2D eigenvalue weighted by Crippen LogP contribution is 2.28. The Morgan fingerprint density at radius 2 is 2.45 bits per heavy atom. The maximum Gasteiger partial charge on any atom is 0.109 e. The monoisotopic (exact) mass is 271 g/mol. The van der Waals surface area contributed by atoms with Gasteiger partial charge >= 0.3 is 0 Å². The van der Waals surface area contributed by atoms with E-state index in [1.807, 2.05) is 23.0 Å². The van der Waals surface area contributed by atoms with Crippen LogP contribution in [0.5, 0.6) is 0 Å². The van der Waals surface area contributed by atoms with Gasteiger partial charge in [0.2, 0.25) is 0 Å². The first kappa shape index (κ1) is 9.66. The van der Waals surface area contributed by atoms with Crippen molar-refractivity contribution in [1.82, 2.24) is 5.01 Å². The molecule has 0 aromatic heterocycles. The third-order valence-electron chi connectivity index (χ3n) is 2.27. The van der Waals surface area contributed by atoms with Crippen molar-refractivity contribution in [3.63, 3.8) is 0 Å². The Morgan fingerprint density at radius 3 is 2.82 bits per heavy atom. The fourth-order valence-corrected chi connectivity index (χ4v) is 2.11. The van der Waals surface area contributed by atoms with Crippen LogP contribution in [-0.4, -0.2) is 30.7 Å². The van der Waals surface area contributed by atoms with E-state index in [-0.39, 0.29) is 11.5 Å². The summed E-state index contributed by atoms with van der Waals surface area (Å²) >= 11 is 1.89. The average molecular weight is 271 g/mol. The molecule has 1 heterocycles. The summed E-state index contributed by atoms with van der Waals surface area (Å²) in [6, 6.07) is 0.127. The second-order valence-corrected chi connectivity index (χ2v) is 4.07. The number of halogens is 1. The van der Waals surface area contributed by atoms with Crippen molar-refractivity contribution in [3.8, 4) is 0 Å². The van der Waals surface area contributed by atoms with Crippen molar-refractivity contribution in [3.05, 3.63) is 0 Å². The van der Waals surface area contributed by atoms with Gasteiger partial charge in [0.05, 0.1) is 6.61 Å². The van der Waals surface area contributed by atoms with Crippen LogP contribution in [0.25, 0.3) is 0 Å². The van der Waals surface area contributed by atoms with Gasteiger partial charge in [-0.2, -0.15) is 0 Å². The Balaban J connectivity index is 2.55. The van der Waals surface area contributed by atoms with Crippen LogP contribution in [0.15, 0.2) is 0 Å². The summed E-state index contributed by atoms with van der Waals surface area (Å²) in [6.07, 6.45) is 0. The number of hydrazine groups is 1. The number of rotatable bonds is 2. The van der Waals surface area contributed by atoms with Gasteiger partial charge in [-0.25, -0.2) is 5.01 Å². The highest BCUT2D eigenvalue weighted by atomic mass is 127. The molecule has 1 fully saturated rings. The Morgan fingerprint density at radius 1 is 1.82 bits per heavy atom. The molecule has 4 N–H and O–H groups in total. The molecular weight excluding hydrogens is 257 g/mol. The zero-order chi connectivity index (χ0) is 8.48. The van der Waals surface area contributed by atoms with E-state index in [4.69, 9.17) is 14.6 Å². The van der Waals surface area contributed by atoms with Crippen LogP contribution in [0, 0.1) is 5.41 Å². The Hall–Kier alpha value is 0.570. The molecule has 0 spiro atoms. The number of nitrogens with two attached hydrogens (primary N) is 2. The fourth-order valence-electron chi connectivity index (χ4n) is 1.40. The Bertz CT molecular complexity index is 146. The van der Waals surface area contributed by atoms with Gasteiger partial charge in [-0.05, 0) is 0 Å². The predicted octanol–water partition coefficient (Wildman–Crippen LogP) is -0.124. The molecule has 0 bridgehead atoms. The van der Waals surface area contributed by atoms with Gasteiger partial charge in [0, 0.05) is 24.5 Å². The largest absolute Gasteiger partial charge is 0.326 e. The van der Waals surface area contributed by atoms with Gasteiger partial charge in [-0.15, -0.1) is 0 Å². The molecule has 0 aliphatic carbocycles. The van der Waals surface area contributed by atoms with Gasteiger partial charge in [0.1, 0.15) is 23.0 Å². The lowest BCUT2D eigenvalue weighted by molar-refractivity contribution is 0.190. The van der Waals surface area contributed by atoms with Crippen LogP contribution in [0.1, 0.15) is 6.92 Å². The number of nitrogens with zero attached hydrogens (tertiary/aromatic N) is 1. The van der Waals surface area contributed by atoms with Crippen LogP contribution < -0.4 is 11.6 Å². The van der Waals surface area contributed by atoms with Crippen molar-refractivity contribution in [2.24, 2.45) is 17.0 Å². The van der Waals surface area contributed by atoms with Crippen LogP contribution in [0.3, 0.4) is 0 Å². The summed E-state index contributed by atoms with van der Waals surface area (Å²) in [5.74, 6) is 5.63. The van der Waals surface area contributed by atoms with E-state index in [0.717, 1.165) is 13.1 Å². The molecule has 0 aromatic rings. The lowest BCUT2D eigenvalue weighted by Gasteiger charge is -2.25. The van der Waals surface area contributed by atoms with E-state index >= 15 is 0 Å². The van der Waals surface area contributed by atoms with E-state index in [1.165, 1.54) is 0 Å². The smallest absolute Gasteiger partial charge is 0.109 e.